The highest BCUT2D eigenvalue weighted by Gasteiger charge is 2.07. The molecule has 5 heteroatoms. The van der Waals surface area contributed by atoms with E-state index in [0.717, 1.165) is 28.0 Å². The van der Waals surface area contributed by atoms with Gasteiger partial charge in [0.05, 0.1) is 12.6 Å². The van der Waals surface area contributed by atoms with Gasteiger partial charge in [-0.25, -0.2) is 9.97 Å². The van der Waals surface area contributed by atoms with Gasteiger partial charge in [0.2, 0.25) is 0 Å². The van der Waals surface area contributed by atoms with E-state index in [4.69, 9.17) is 16.3 Å². The molecule has 1 aromatic heterocycles. The normalized spacial score (nSPS) is 10.7. The lowest BCUT2D eigenvalue weighted by Crippen LogP contribution is -2.04. The van der Waals surface area contributed by atoms with E-state index >= 15 is 0 Å². The third kappa shape index (κ3) is 2.97. The molecule has 3 rings (SSSR count). The molecule has 0 aliphatic carbocycles. The van der Waals surface area contributed by atoms with E-state index in [1.807, 2.05) is 30.3 Å². The van der Waals surface area contributed by atoms with Gasteiger partial charge in [-0.2, -0.15) is 0 Å². The minimum Gasteiger partial charge on any atom is -0.496 e. The molecule has 4 nitrogen and oxygen atoms in total. The standard InChI is InChI=1S/C17H16ClN3O/c1-11-3-5-15-14(7-11)17(21-10-20-15)19-9-12-8-13(18)4-6-16(12)22-2/h3-8,10H,9H2,1-2H3,(H,19,20,21). The molecule has 0 aliphatic rings. The van der Waals surface area contributed by atoms with E-state index in [9.17, 15) is 0 Å². The highest BCUT2D eigenvalue weighted by molar-refractivity contribution is 6.30. The molecule has 0 aliphatic heterocycles. The number of nitrogens with one attached hydrogen (secondary N) is 1. The van der Waals surface area contributed by atoms with Crippen molar-refractivity contribution in [3.8, 4) is 5.75 Å². The van der Waals surface area contributed by atoms with Crippen LogP contribution in [-0.2, 0) is 6.54 Å². The van der Waals surface area contributed by atoms with Gasteiger partial charge in [-0.15, -0.1) is 0 Å². The number of anilines is 1. The molecule has 0 bridgehead atoms. The zero-order chi connectivity index (χ0) is 15.5. The van der Waals surface area contributed by atoms with Crippen LogP contribution in [0.5, 0.6) is 5.75 Å². The van der Waals surface area contributed by atoms with Crippen molar-refractivity contribution in [3.63, 3.8) is 0 Å². The van der Waals surface area contributed by atoms with Crippen LogP contribution in [0.25, 0.3) is 10.9 Å². The molecular weight excluding hydrogens is 298 g/mol. The number of aromatic nitrogens is 2. The number of aryl methyl sites for hydroxylation is 1. The third-order valence-electron chi connectivity index (χ3n) is 3.48. The number of rotatable bonds is 4. The molecule has 2 aromatic carbocycles. The number of hydrogen-bond donors (Lipinski definition) is 1. The van der Waals surface area contributed by atoms with Crippen LogP contribution in [0.4, 0.5) is 5.82 Å². The van der Waals surface area contributed by atoms with Gasteiger partial charge in [-0.05, 0) is 37.3 Å². The number of nitrogens with zero attached hydrogens (tertiary/aromatic N) is 2. The quantitative estimate of drug-likeness (QED) is 0.783. The van der Waals surface area contributed by atoms with Crippen LogP contribution in [0.15, 0.2) is 42.7 Å². The van der Waals surface area contributed by atoms with Crippen LogP contribution in [0.2, 0.25) is 5.02 Å². The summed E-state index contributed by atoms with van der Waals surface area (Å²) in [5, 5.41) is 5.03. The molecule has 0 spiro atoms. The van der Waals surface area contributed by atoms with Crippen molar-refractivity contribution in [2.24, 2.45) is 0 Å². The molecular formula is C17H16ClN3O. The number of halogens is 1. The van der Waals surface area contributed by atoms with Gasteiger partial charge in [-0.3, -0.25) is 0 Å². The average Bonchev–Trinajstić information content (AvgIpc) is 2.53. The Labute approximate surface area is 134 Å². The molecule has 1 heterocycles. The summed E-state index contributed by atoms with van der Waals surface area (Å²) < 4.78 is 5.36. The van der Waals surface area contributed by atoms with E-state index < -0.39 is 0 Å². The fourth-order valence-electron chi connectivity index (χ4n) is 2.38. The molecule has 112 valence electrons. The van der Waals surface area contributed by atoms with Gasteiger partial charge in [0, 0.05) is 22.5 Å². The number of methoxy groups -OCH3 is 1. The summed E-state index contributed by atoms with van der Waals surface area (Å²) in [4.78, 5) is 8.63. The molecule has 0 atom stereocenters. The third-order valence-corrected chi connectivity index (χ3v) is 3.71. The maximum atomic E-state index is 6.06. The van der Waals surface area contributed by atoms with E-state index in [-0.39, 0.29) is 0 Å². The first-order valence-electron chi connectivity index (χ1n) is 6.95. The second kappa shape index (κ2) is 6.20. The van der Waals surface area contributed by atoms with Crippen LogP contribution in [-0.4, -0.2) is 17.1 Å². The van der Waals surface area contributed by atoms with Crippen molar-refractivity contribution in [2.45, 2.75) is 13.5 Å². The fourth-order valence-corrected chi connectivity index (χ4v) is 2.57. The van der Waals surface area contributed by atoms with Crippen LogP contribution < -0.4 is 10.1 Å². The van der Waals surface area contributed by atoms with E-state index in [0.29, 0.717) is 11.6 Å². The Balaban J connectivity index is 1.91. The second-order valence-corrected chi connectivity index (χ2v) is 5.49. The lowest BCUT2D eigenvalue weighted by atomic mass is 10.1. The first kappa shape index (κ1) is 14.6. The van der Waals surface area contributed by atoms with Crippen molar-refractivity contribution in [3.05, 3.63) is 58.9 Å². The molecule has 1 N–H and O–H groups in total. The maximum absolute atomic E-state index is 6.06. The zero-order valence-corrected chi connectivity index (χ0v) is 13.2. The fraction of sp³-hybridized carbons (Fsp3) is 0.176. The highest BCUT2D eigenvalue weighted by Crippen LogP contribution is 2.25. The Morgan fingerprint density at radius 3 is 2.82 bits per heavy atom. The Hall–Kier alpha value is -2.33. The summed E-state index contributed by atoms with van der Waals surface area (Å²) in [5.41, 5.74) is 3.07. The van der Waals surface area contributed by atoms with Gasteiger partial charge in [0.15, 0.2) is 0 Å². The molecule has 0 saturated heterocycles. The summed E-state index contributed by atoms with van der Waals surface area (Å²) in [6, 6.07) is 11.7. The Kier molecular flexibility index (Phi) is 4.11. The van der Waals surface area contributed by atoms with Crippen molar-refractivity contribution in [2.75, 3.05) is 12.4 Å². The summed E-state index contributed by atoms with van der Waals surface area (Å²) in [6.45, 7) is 2.63. The van der Waals surface area contributed by atoms with Gasteiger partial charge >= 0.3 is 0 Å². The molecule has 0 saturated carbocycles. The minimum atomic E-state index is 0.573. The number of ether oxygens (including phenoxy) is 1. The molecule has 0 unspecified atom stereocenters. The van der Waals surface area contributed by atoms with E-state index in [1.54, 1.807) is 13.4 Å². The number of fused-ring (bicyclic) bond motifs is 1. The predicted octanol–water partition coefficient (Wildman–Crippen LogP) is 4.21. The topological polar surface area (TPSA) is 47.0 Å². The summed E-state index contributed by atoms with van der Waals surface area (Å²) in [5.74, 6) is 1.60. The number of benzene rings is 2. The van der Waals surface area contributed by atoms with Gasteiger partial charge in [0.25, 0.3) is 0 Å². The lowest BCUT2D eigenvalue weighted by Gasteiger charge is -2.12. The smallest absolute Gasteiger partial charge is 0.137 e. The molecule has 0 fully saturated rings. The molecule has 22 heavy (non-hydrogen) atoms. The van der Waals surface area contributed by atoms with Crippen molar-refractivity contribution in [1.82, 2.24) is 9.97 Å². The highest BCUT2D eigenvalue weighted by atomic mass is 35.5. The summed E-state index contributed by atoms with van der Waals surface area (Å²) in [7, 11) is 1.65. The Morgan fingerprint density at radius 2 is 2.00 bits per heavy atom. The van der Waals surface area contributed by atoms with Gasteiger partial charge in [0.1, 0.15) is 17.9 Å². The van der Waals surface area contributed by atoms with Crippen LogP contribution >= 0.6 is 11.6 Å². The second-order valence-electron chi connectivity index (χ2n) is 5.05. The zero-order valence-electron chi connectivity index (χ0n) is 12.4. The van der Waals surface area contributed by atoms with Crippen LogP contribution in [0.1, 0.15) is 11.1 Å². The van der Waals surface area contributed by atoms with Crippen molar-refractivity contribution in [1.29, 1.82) is 0 Å². The first-order chi connectivity index (χ1) is 10.7. The van der Waals surface area contributed by atoms with E-state index in [2.05, 4.69) is 28.3 Å². The van der Waals surface area contributed by atoms with Gasteiger partial charge in [-0.1, -0.05) is 23.2 Å². The number of hydrogen-bond acceptors (Lipinski definition) is 4. The van der Waals surface area contributed by atoms with Crippen molar-refractivity contribution < 1.29 is 4.74 Å². The van der Waals surface area contributed by atoms with Gasteiger partial charge < -0.3 is 10.1 Å². The monoisotopic (exact) mass is 313 g/mol. The first-order valence-corrected chi connectivity index (χ1v) is 7.33. The van der Waals surface area contributed by atoms with E-state index in [1.165, 1.54) is 5.56 Å². The summed E-state index contributed by atoms with van der Waals surface area (Å²) >= 11 is 6.06. The van der Waals surface area contributed by atoms with Crippen LogP contribution in [0, 0.1) is 6.92 Å². The lowest BCUT2D eigenvalue weighted by molar-refractivity contribution is 0.410. The van der Waals surface area contributed by atoms with Crippen LogP contribution in [0.3, 0.4) is 0 Å². The SMILES string of the molecule is COc1ccc(Cl)cc1CNc1ncnc2ccc(C)cc12. The maximum Gasteiger partial charge on any atom is 0.137 e. The summed E-state index contributed by atoms with van der Waals surface area (Å²) in [6.07, 6.45) is 1.56. The predicted molar refractivity (Wildman–Crippen MR) is 89.6 cm³/mol. The largest absolute Gasteiger partial charge is 0.496 e. The average molecular weight is 314 g/mol. The molecule has 0 amide bonds. The molecule has 3 aromatic rings. The van der Waals surface area contributed by atoms with Crippen molar-refractivity contribution >= 4 is 28.3 Å². The molecule has 0 radical (unpaired) electrons. The minimum absolute atomic E-state index is 0.573. The Morgan fingerprint density at radius 1 is 1.14 bits per heavy atom. The Bertz CT molecular complexity index is 820.